The maximum Gasteiger partial charge on any atom is 0.270 e. The summed E-state index contributed by atoms with van der Waals surface area (Å²) in [5, 5.41) is 0. The number of benzene rings is 1. The molecule has 1 aliphatic heterocycles. The molecule has 0 saturated carbocycles. The van der Waals surface area contributed by atoms with Crippen molar-refractivity contribution in [2.75, 3.05) is 13.1 Å². The molecule has 0 aliphatic carbocycles. The van der Waals surface area contributed by atoms with E-state index in [0.717, 1.165) is 26.4 Å². The highest BCUT2D eigenvalue weighted by Gasteiger charge is 2.29. The number of hydrogen-bond donors (Lipinski definition) is 0. The second-order valence-corrected chi connectivity index (χ2v) is 4.76. The van der Waals surface area contributed by atoms with Crippen LogP contribution in [0, 0.1) is 0 Å². The van der Waals surface area contributed by atoms with Crippen molar-refractivity contribution in [3.8, 4) is 0 Å². The van der Waals surface area contributed by atoms with Gasteiger partial charge < -0.3 is 4.90 Å². The van der Waals surface area contributed by atoms with E-state index < -0.39 is 5.92 Å². The normalized spacial score (nSPS) is 15.4. The molecule has 1 saturated heterocycles. The van der Waals surface area contributed by atoms with Gasteiger partial charge in [-0.05, 0) is 30.5 Å². The monoisotopic (exact) mass is 253 g/mol. The van der Waals surface area contributed by atoms with Crippen LogP contribution in [0.5, 0.6) is 0 Å². The predicted octanol–water partition coefficient (Wildman–Crippen LogP) is 3.21. The molecule has 1 amide bonds. The van der Waals surface area contributed by atoms with E-state index in [-0.39, 0.29) is 11.5 Å². The Labute approximate surface area is 106 Å². The largest absolute Gasteiger partial charge is 0.339 e. The molecule has 1 aliphatic rings. The predicted molar refractivity (Wildman–Crippen MR) is 65.9 cm³/mol. The van der Waals surface area contributed by atoms with Crippen LogP contribution in [-0.4, -0.2) is 23.9 Å². The fourth-order valence-corrected chi connectivity index (χ4v) is 2.13. The maximum absolute atomic E-state index is 13.5. The number of halogens is 2. The topological polar surface area (TPSA) is 20.3 Å². The number of rotatable bonds is 3. The second-order valence-electron chi connectivity index (χ2n) is 4.76. The van der Waals surface area contributed by atoms with Crippen molar-refractivity contribution in [2.24, 2.45) is 0 Å². The van der Waals surface area contributed by atoms with Crippen LogP contribution in [0.1, 0.15) is 41.8 Å². The van der Waals surface area contributed by atoms with Crippen molar-refractivity contribution >= 4 is 5.91 Å². The van der Waals surface area contributed by atoms with Crippen LogP contribution in [0.2, 0.25) is 0 Å². The highest BCUT2D eigenvalue weighted by atomic mass is 19.3. The summed E-state index contributed by atoms with van der Waals surface area (Å²) in [6, 6.07) is 4.63. The van der Waals surface area contributed by atoms with Gasteiger partial charge in [-0.25, -0.2) is 8.78 Å². The molecule has 0 bridgehead atoms. The summed E-state index contributed by atoms with van der Waals surface area (Å²) in [7, 11) is 0. The van der Waals surface area contributed by atoms with Gasteiger partial charge in [-0.3, -0.25) is 4.79 Å². The lowest BCUT2D eigenvalue weighted by Crippen LogP contribution is -2.42. The Hall–Kier alpha value is -1.45. The Morgan fingerprint density at radius 1 is 1.39 bits per heavy atom. The molecule has 18 heavy (non-hydrogen) atoms. The minimum absolute atomic E-state index is 0.0311. The smallest absolute Gasteiger partial charge is 0.270 e. The fraction of sp³-hybridized carbons (Fsp3) is 0.500. The van der Waals surface area contributed by atoms with Crippen LogP contribution < -0.4 is 0 Å². The van der Waals surface area contributed by atoms with Gasteiger partial charge in [-0.2, -0.15) is 0 Å². The van der Waals surface area contributed by atoms with Crippen LogP contribution in [0.4, 0.5) is 8.78 Å². The zero-order valence-electron chi connectivity index (χ0n) is 10.7. The van der Waals surface area contributed by atoms with Gasteiger partial charge in [0.15, 0.2) is 0 Å². The van der Waals surface area contributed by atoms with E-state index in [9.17, 15) is 13.6 Å². The van der Waals surface area contributed by atoms with Gasteiger partial charge in [0, 0.05) is 31.1 Å². The summed E-state index contributed by atoms with van der Waals surface area (Å²) in [5.74, 6) is -3.05. The molecule has 1 fully saturated rings. The second kappa shape index (κ2) is 4.67. The Morgan fingerprint density at radius 2 is 2.06 bits per heavy atom. The summed E-state index contributed by atoms with van der Waals surface area (Å²) in [4.78, 5) is 13.7. The van der Waals surface area contributed by atoms with Crippen LogP contribution in [0.3, 0.4) is 0 Å². The fourth-order valence-electron chi connectivity index (χ4n) is 2.13. The first-order chi connectivity index (χ1) is 8.43. The lowest BCUT2D eigenvalue weighted by atomic mass is 9.97. The van der Waals surface area contributed by atoms with Gasteiger partial charge in [0.1, 0.15) is 0 Å². The lowest BCUT2D eigenvalue weighted by Gasteiger charge is -2.31. The summed E-state index contributed by atoms with van der Waals surface area (Å²) < 4.78 is 27.0. The maximum atomic E-state index is 13.5. The number of aryl methyl sites for hydroxylation is 1. The van der Waals surface area contributed by atoms with Crippen molar-refractivity contribution in [2.45, 2.75) is 32.6 Å². The van der Waals surface area contributed by atoms with Crippen molar-refractivity contribution < 1.29 is 13.6 Å². The molecule has 1 aromatic carbocycles. The van der Waals surface area contributed by atoms with Gasteiger partial charge >= 0.3 is 0 Å². The molecule has 0 unspecified atom stereocenters. The molecule has 4 heteroatoms. The molecular weight excluding hydrogens is 236 g/mol. The van der Waals surface area contributed by atoms with Gasteiger partial charge in [0.05, 0.1) is 0 Å². The van der Waals surface area contributed by atoms with Crippen molar-refractivity contribution in [1.29, 1.82) is 0 Å². The third kappa shape index (κ3) is 2.37. The molecular formula is C14H17F2NO. The summed E-state index contributed by atoms with van der Waals surface area (Å²) in [6.45, 7) is 4.17. The molecule has 0 N–H and O–H groups in total. The van der Waals surface area contributed by atoms with Crippen LogP contribution in [0.15, 0.2) is 18.2 Å². The molecule has 2 nitrogen and oxygen atoms in total. The molecule has 0 aromatic heterocycles. The first-order valence-corrected chi connectivity index (χ1v) is 6.24. The molecule has 0 radical (unpaired) electrons. The number of nitrogens with zero attached hydrogens (tertiary/aromatic N) is 1. The Bertz CT molecular complexity index is 461. The van der Waals surface area contributed by atoms with Gasteiger partial charge in [-0.1, -0.05) is 13.0 Å². The van der Waals surface area contributed by atoms with E-state index in [1.165, 1.54) is 6.07 Å². The molecule has 0 spiro atoms. The lowest BCUT2D eigenvalue weighted by molar-refractivity contribution is 0.0165. The highest BCUT2D eigenvalue weighted by molar-refractivity contribution is 5.95. The summed E-state index contributed by atoms with van der Waals surface area (Å²) >= 11 is 0. The average molecular weight is 253 g/mol. The highest BCUT2D eigenvalue weighted by Crippen LogP contribution is 2.31. The van der Waals surface area contributed by atoms with Crippen molar-refractivity contribution in [3.63, 3.8) is 0 Å². The van der Waals surface area contributed by atoms with E-state index in [0.29, 0.717) is 17.5 Å². The van der Waals surface area contributed by atoms with Crippen LogP contribution in [0.25, 0.3) is 0 Å². The van der Waals surface area contributed by atoms with Crippen molar-refractivity contribution in [1.82, 2.24) is 4.90 Å². The third-order valence-electron chi connectivity index (χ3n) is 3.35. The first-order valence-electron chi connectivity index (χ1n) is 6.24. The van der Waals surface area contributed by atoms with E-state index >= 15 is 0 Å². The standard InChI is InChI=1S/C14H17F2NO/c1-3-10-5-6-11(9-12(10)14(2,15)16)13(18)17-7-4-8-17/h5-6,9H,3-4,7-8H2,1-2H3. The van der Waals surface area contributed by atoms with E-state index in [2.05, 4.69) is 0 Å². The van der Waals surface area contributed by atoms with E-state index in [1.807, 2.05) is 6.92 Å². The molecule has 1 aromatic rings. The van der Waals surface area contributed by atoms with Gasteiger partial charge in [0.25, 0.3) is 11.8 Å². The number of carbonyl (C=O) groups is 1. The number of likely N-dealkylation sites (tertiary alicyclic amines) is 1. The quantitative estimate of drug-likeness (QED) is 0.810. The summed E-state index contributed by atoms with van der Waals surface area (Å²) in [5.41, 5.74) is 0.933. The van der Waals surface area contributed by atoms with Gasteiger partial charge in [0.2, 0.25) is 0 Å². The Balaban J connectivity index is 2.36. The molecule has 2 rings (SSSR count). The average Bonchev–Trinajstić information content (AvgIpc) is 2.24. The minimum atomic E-state index is -2.91. The van der Waals surface area contributed by atoms with E-state index in [4.69, 9.17) is 0 Å². The Morgan fingerprint density at radius 3 is 2.50 bits per heavy atom. The van der Waals surface area contributed by atoms with E-state index in [1.54, 1.807) is 17.0 Å². The SMILES string of the molecule is CCc1ccc(C(=O)N2CCC2)cc1C(C)(F)F. The van der Waals surface area contributed by atoms with Crippen LogP contribution in [-0.2, 0) is 12.3 Å². The zero-order valence-corrected chi connectivity index (χ0v) is 10.7. The molecule has 98 valence electrons. The number of amides is 1. The number of hydrogen-bond acceptors (Lipinski definition) is 1. The minimum Gasteiger partial charge on any atom is -0.339 e. The first kappa shape index (κ1) is 13.0. The Kier molecular flexibility index (Phi) is 3.37. The molecule has 1 heterocycles. The van der Waals surface area contributed by atoms with Crippen molar-refractivity contribution in [3.05, 3.63) is 34.9 Å². The third-order valence-corrected chi connectivity index (χ3v) is 3.35. The van der Waals surface area contributed by atoms with Gasteiger partial charge in [-0.15, -0.1) is 0 Å². The number of alkyl halides is 2. The summed E-state index contributed by atoms with van der Waals surface area (Å²) in [6.07, 6.45) is 1.53. The van der Waals surface area contributed by atoms with Crippen LogP contribution >= 0.6 is 0 Å². The number of carbonyl (C=O) groups excluding carboxylic acids is 1. The molecule has 0 atom stereocenters. The zero-order chi connectivity index (χ0) is 13.3.